The number of hydrogen-bond donors (Lipinski definition) is 0. The van der Waals surface area contributed by atoms with Crippen molar-refractivity contribution in [2.24, 2.45) is 11.8 Å². The number of fused-ring (bicyclic) bond motifs is 5. The highest BCUT2D eigenvalue weighted by Crippen LogP contribution is 2.77. The van der Waals surface area contributed by atoms with Gasteiger partial charge >= 0.3 is 0 Å². The number of amides is 2. The maximum absolute atomic E-state index is 13.1. The Bertz CT molecular complexity index is 884. The van der Waals surface area contributed by atoms with E-state index < -0.39 is 37.7 Å². The van der Waals surface area contributed by atoms with Crippen LogP contribution in [-0.4, -0.2) is 25.9 Å². The number of carbonyl (C=O) groups is 2. The predicted molar refractivity (Wildman–Crippen MR) is 106 cm³/mol. The van der Waals surface area contributed by atoms with E-state index in [2.05, 4.69) is 0 Å². The van der Waals surface area contributed by atoms with E-state index in [1.165, 1.54) is 18.2 Å². The Morgan fingerprint density at radius 1 is 0.769 bits per heavy atom. The van der Waals surface area contributed by atoms with Crippen molar-refractivity contribution in [3.8, 4) is 0 Å². The Balaban J connectivity index is 1.90. The molecule has 0 aromatic heterocycles. The van der Waals surface area contributed by atoms with Crippen molar-refractivity contribution in [1.29, 1.82) is 0 Å². The Morgan fingerprint density at radius 2 is 1.23 bits per heavy atom. The maximum atomic E-state index is 13.1. The monoisotopic (exact) mass is 511 g/mol. The van der Waals surface area contributed by atoms with E-state index in [0.29, 0.717) is 0 Å². The fourth-order valence-corrected chi connectivity index (χ4v) is 7.10. The van der Waals surface area contributed by atoms with Gasteiger partial charge in [-0.1, -0.05) is 69.6 Å². The highest BCUT2D eigenvalue weighted by atomic mass is 35.5. The summed E-state index contributed by atoms with van der Waals surface area (Å²) in [5.41, 5.74) is 0.214. The number of hydrogen-bond acceptors (Lipinski definition) is 2. The number of rotatable bonds is 1. The van der Waals surface area contributed by atoms with Gasteiger partial charge in [0, 0.05) is 0 Å². The highest BCUT2D eigenvalue weighted by Gasteiger charge is 2.87. The molecular weight excluding hydrogens is 510 g/mol. The van der Waals surface area contributed by atoms with Crippen LogP contribution >= 0.6 is 92.8 Å². The molecule has 2 aliphatic carbocycles. The first-order valence-corrected chi connectivity index (χ1v) is 10.1. The highest BCUT2D eigenvalue weighted by molar-refractivity contribution is 6.67. The molecular formula is C15H5Cl8NO2. The lowest BCUT2D eigenvalue weighted by atomic mass is 9.84. The lowest BCUT2D eigenvalue weighted by Gasteiger charge is -2.34. The average Bonchev–Trinajstić information content (AvgIpc) is 2.95. The van der Waals surface area contributed by atoms with Gasteiger partial charge in [0.1, 0.15) is 9.75 Å². The first kappa shape index (κ1) is 19.7. The summed E-state index contributed by atoms with van der Waals surface area (Å²) in [6.45, 7) is 0. The zero-order chi connectivity index (χ0) is 19.4. The van der Waals surface area contributed by atoms with Crippen LogP contribution in [0.25, 0.3) is 0 Å². The number of imide groups is 1. The van der Waals surface area contributed by atoms with Gasteiger partial charge < -0.3 is 0 Å². The molecule has 26 heavy (non-hydrogen) atoms. The normalized spacial score (nSPS) is 37.8. The molecule has 2 fully saturated rings. The van der Waals surface area contributed by atoms with Crippen molar-refractivity contribution in [3.05, 3.63) is 38.3 Å². The molecule has 0 N–H and O–H groups in total. The van der Waals surface area contributed by atoms with Gasteiger partial charge in [-0.05, 0) is 18.2 Å². The summed E-state index contributed by atoms with van der Waals surface area (Å²) in [4.78, 5) is 23.5. The van der Waals surface area contributed by atoms with Crippen molar-refractivity contribution in [2.75, 3.05) is 4.90 Å². The lowest BCUT2D eigenvalue weighted by molar-refractivity contribution is -0.123. The van der Waals surface area contributed by atoms with Gasteiger partial charge in [-0.25, -0.2) is 4.90 Å². The zero-order valence-corrected chi connectivity index (χ0v) is 18.2. The van der Waals surface area contributed by atoms with Gasteiger partial charge in [0.05, 0.1) is 37.6 Å². The van der Waals surface area contributed by atoms with Gasteiger partial charge in [0.25, 0.3) is 0 Å². The van der Waals surface area contributed by atoms with Crippen molar-refractivity contribution < 1.29 is 9.59 Å². The Morgan fingerprint density at radius 3 is 1.65 bits per heavy atom. The van der Waals surface area contributed by atoms with Gasteiger partial charge in [0.15, 0.2) is 4.33 Å². The molecule has 1 aromatic carbocycles. The summed E-state index contributed by atoms with van der Waals surface area (Å²) in [5, 5.41) is 0.160. The average molecular weight is 515 g/mol. The minimum Gasteiger partial charge on any atom is -0.274 e. The standard InChI is InChI=1S/C15H5Cl8NO2/c16-5-2-1-4(3-6(5)17)24-11(25)7-8(12(24)26)14(21)10(19)9(18)13(7,20)15(14,22)23/h1-3,7-8H/t7-,8-,13-,14-/m0/s1. The summed E-state index contributed by atoms with van der Waals surface area (Å²) < 4.78 is -1.96. The Hall–Kier alpha value is 0.420. The van der Waals surface area contributed by atoms with Gasteiger partial charge in [-0.2, -0.15) is 0 Å². The molecule has 2 bridgehead atoms. The molecule has 0 radical (unpaired) electrons. The fraction of sp³-hybridized carbons (Fsp3) is 0.333. The molecule has 2 amide bonds. The number of benzene rings is 1. The number of allylic oxidation sites excluding steroid dienone is 2. The van der Waals surface area contributed by atoms with E-state index in [4.69, 9.17) is 92.8 Å². The molecule has 1 saturated carbocycles. The zero-order valence-electron chi connectivity index (χ0n) is 12.2. The van der Waals surface area contributed by atoms with E-state index in [9.17, 15) is 9.59 Å². The van der Waals surface area contributed by atoms with Gasteiger partial charge in [-0.15, -0.1) is 23.2 Å². The Labute approximate surface area is 188 Å². The molecule has 138 valence electrons. The summed E-state index contributed by atoms with van der Waals surface area (Å²) in [7, 11) is 0. The topological polar surface area (TPSA) is 37.4 Å². The molecule has 1 heterocycles. The number of carbonyl (C=O) groups excluding carboxylic acids is 2. The molecule has 4 atom stereocenters. The van der Waals surface area contributed by atoms with Crippen LogP contribution in [0.4, 0.5) is 5.69 Å². The molecule has 1 saturated heterocycles. The number of anilines is 1. The van der Waals surface area contributed by atoms with Crippen LogP contribution in [-0.2, 0) is 9.59 Å². The molecule has 1 aliphatic heterocycles. The fourth-order valence-electron chi connectivity index (χ4n) is 3.87. The van der Waals surface area contributed by atoms with E-state index in [-0.39, 0.29) is 25.8 Å². The van der Waals surface area contributed by atoms with Crippen molar-refractivity contribution in [1.82, 2.24) is 0 Å². The molecule has 1 aromatic rings. The second kappa shape index (κ2) is 5.73. The molecule has 3 aliphatic rings. The van der Waals surface area contributed by atoms with Crippen molar-refractivity contribution in [3.63, 3.8) is 0 Å². The second-order valence-electron chi connectivity index (χ2n) is 6.19. The van der Waals surface area contributed by atoms with Crippen molar-refractivity contribution in [2.45, 2.75) is 14.1 Å². The Kier molecular flexibility index (Phi) is 4.35. The quantitative estimate of drug-likeness (QED) is 0.343. The van der Waals surface area contributed by atoms with Gasteiger partial charge in [0.2, 0.25) is 11.8 Å². The second-order valence-corrected chi connectivity index (χ2v) is 10.3. The van der Waals surface area contributed by atoms with E-state index in [0.717, 1.165) is 4.90 Å². The molecule has 0 spiro atoms. The smallest absolute Gasteiger partial charge is 0.240 e. The number of halogens is 8. The third-order valence-corrected chi connectivity index (χ3v) is 10.1. The van der Waals surface area contributed by atoms with Gasteiger partial charge in [-0.3, -0.25) is 9.59 Å². The lowest BCUT2D eigenvalue weighted by Crippen LogP contribution is -2.50. The minimum absolute atomic E-state index is 0.140. The SMILES string of the molecule is O=C1[C@@H]2[C@@H](C(=O)N1c1ccc(Cl)c(Cl)c1)[C@]1(Cl)C(Cl)=C(Cl)[C@]2(Cl)C1(Cl)Cl. The van der Waals surface area contributed by atoms with Crippen LogP contribution in [0.15, 0.2) is 28.3 Å². The van der Waals surface area contributed by atoms with E-state index >= 15 is 0 Å². The summed E-state index contributed by atoms with van der Waals surface area (Å²) in [6.07, 6.45) is 0. The van der Waals surface area contributed by atoms with Crippen LogP contribution in [0, 0.1) is 11.8 Å². The summed E-state index contributed by atoms with van der Waals surface area (Å²) in [5.74, 6) is -3.67. The molecule has 0 unspecified atom stereocenters. The third kappa shape index (κ3) is 1.92. The van der Waals surface area contributed by atoms with Crippen LogP contribution in [0.5, 0.6) is 0 Å². The molecule has 11 heteroatoms. The first-order valence-electron chi connectivity index (χ1n) is 7.07. The molecule has 4 rings (SSSR count). The third-order valence-electron chi connectivity index (χ3n) is 5.07. The molecule has 3 nitrogen and oxygen atoms in total. The van der Waals surface area contributed by atoms with E-state index in [1.54, 1.807) is 0 Å². The van der Waals surface area contributed by atoms with Crippen LogP contribution in [0.3, 0.4) is 0 Å². The van der Waals surface area contributed by atoms with E-state index in [1.807, 2.05) is 0 Å². The number of alkyl halides is 4. The first-order chi connectivity index (χ1) is 11.9. The largest absolute Gasteiger partial charge is 0.274 e. The van der Waals surface area contributed by atoms with Crippen LogP contribution in [0.2, 0.25) is 10.0 Å². The summed E-state index contributed by atoms with van der Waals surface area (Å²) in [6, 6.07) is 4.32. The summed E-state index contributed by atoms with van der Waals surface area (Å²) >= 11 is 50.4. The predicted octanol–water partition coefficient (Wildman–Crippen LogP) is 5.94. The minimum atomic E-state index is -1.96. The van der Waals surface area contributed by atoms with Crippen LogP contribution in [0.1, 0.15) is 0 Å². The van der Waals surface area contributed by atoms with Crippen molar-refractivity contribution >= 4 is 110 Å². The maximum Gasteiger partial charge on any atom is 0.240 e. The number of nitrogens with zero attached hydrogens (tertiary/aromatic N) is 1. The van der Waals surface area contributed by atoms with Crippen LogP contribution < -0.4 is 4.90 Å².